The van der Waals surface area contributed by atoms with Crippen LogP contribution in [-0.4, -0.2) is 71.6 Å². The van der Waals surface area contributed by atoms with Gasteiger partial charge in [0.15, 0.2) is 11.6 Å². The van der Waals surface area contributed by atoms with Gasteiger partial charge in [0.2, 0.25) is 11.8 Å². The van der Waals surface area contributed by atoms with Crippen LogP contribution >= 0.6 is 11.3 Å². The van der Waals surface area contributed by atoms with Crippen LogP contribution in [0.5, 0.6) is 11.5 Å². The number of amides is 4. The Bertz CT molecular complexity index is 1730. The van der Waals surface area contributed by atoms with E-state index in [-0.39, 0.29) is 48.6 Å². The number of aromatic nitrogens is 2. The minimum Gasteiger partial charge on any atom is -0.453 e. The highest BCUT2D eigenvalue weighted by atomic mass is 32.1. The summed E-state index contributed by atoms with van der Waals surface area (Å²) in [7, 11) is 1.56. The molecule has 1 fully saturated rings. The Morgan fingerprint density at radius 1 is 1.11 bits per heavy atom. The summed E-state index contributed by atoms with van der Waals surface area (Å²) < 4.78 is 26.8. The number of urea groups is 1. The maximum absolute atomic E-state index is 14.9. The zero-order valence-electron chi connectivity index (χ0n) is 26.4. The number of nitrogens with two attached hydrogens (primary N) is 1. The van der Waals surface area contributed by atoms with Gasteiger partial charge in [0.05, 0.1) is 40.0 Å². The number of methoxy groups -OCH3 is 1. The molecule has 1 saturated carbocycles. The molecule has 47 heavy (non-hydrogen) atoms. The first-order valence-electron chi connectivity index (χ1n) is 15.3. The predicted molar refractivity (Wildman–Crippen MR) is 178 cm³/mol. The molecule has 5 rings (SSSR count). The van der Waals surface area contributed by atoms with Crippen molar-refractivity contribution >= 4 is 45.1 Å². The molecule has 4 aromatic rings. The number of thiophene rings is 1. The highest BCUT2D eigenvalue weighted by Gasteiger charge is 2.24. The normalized spacial score (nSPS) is 13.3. The fraction of sp³-hybridized carbons (Fsp3) is 0.364. The van der Waals surface area contributed by atoms with E-state index in [0.717, 1.165) is 23.3 Å². The third-order valence-corrected chi connectivity index (χ3v) is 8.66. The highest BCUT2D eigenvalue weighted by Crippen LogP contribution is 2.39. The molecular formula is C33H38FN7O5S. The number of anilines is 1. The van der Waals surface area contributed by atoms with Crippen LogP contribution in [0.1, 0.15) is 32.3 Å². The summed E-state index contributed by atoms with van der Waals surface area (Å²) >= 11 is 1.41. The summed E-state index contributed by atoms with van der Waals surface area (Å²) in [5.41, 5.74) is 8.37. The van der Waals surface area contributed by atoms with Crippen molar-refractivity contribution in [1.82, 2.24) is 25.5 Å². The second-order valence-corrected chi connectivity index (χ2v) is 12.7. The lowest BCUT2D eigenvalue weighted by Gasteiger charge is -2.23. The molecule has 1 aliphatic rings. The molecule has 1 aromatic carbocycles. The lowest BCUT2D eigenvalue weighted by molar-refractivity contribution is -0.134. The largest absolute Gasteiger partial charge is 0.453 e. The predicted octanol–water partition coefficient (Wildman–Crippen LogP) is 4.65. The molecule has 4 amide bonds. The van der Waals surface area contributed by atoms with Crippen LogP contribution in [0.4, 0.5) is 14.9 Å². The molecule has 0 bridgehead atoms. The van der Waals surface area contributed by atoms with Gasteiger partial charge < -0.3 is 36.1 Å². The first-order valence-corrected chi connectivity index (χ1v) is 16.1. The summed E-state index contributed by atoms with van der Waals surface area (Å²) in [5.74, 6) is -0.859. The van der Waals surface area contributed by atoms with Crippen LogP contribution in [0.25, 0.3) is 20.8 Å². The van der Waals surface area contributed by atoms with Gasteiger partial charge in [0.25, 0.3) is 0 Å². The van der Waals surface area contributed by atoms with Crippen molar-refractivity contribution in [2.24, 2.45) is 11.7 Å². The van der Waals surface area contributed by atoms with Crippen molar-refractivity contribution in [2.75, 3.05) is 32.1 Å². The Labute approximate surface area is 275 Å². The first-order chi connectivity index (χ1) is 22.6. The average Bonchev–Trinajstić information content (AvgIpc) is 3.76. The molecule has 0 saturated heterocycles. The quantitative estimate of drug-likeness (QED) is 0.152. The zero-order chi connectivity index (χ0) is 33.5. The maximum atomic E-state index is 14.9. The third-order valence-electron chi connectivity index (χ3n) is 7.50. The standard InChI is InChI=1S/C33H38FN7O5S/c1-19(2)30(35)32(43)38-17-29(42)41(12-13-45-3)18-20-4-8-24(37-16-20)28-15-25-31(47-28)27(10-11-36-25)46-26-9-7-22(14-23(26)34)40-33(44)39-21-5-6-21/h4,7-11,14-16,19,21,30H,5-6,12-13,17-18,35H2,1-3H3,(H,38,43)(H2,39,40,44). The van der Waals surface area contributed by atoms with Gasteiger partial charge in [-0.25, -0.2) is 9.18 Å². The molecule has 3 aromatic heterocycles. The number of pyridine rings is 2. The van der Waals surface area contributed by atoms with E-state index < -0.39 is 11.9 Å². The lowest BCUT2D eigenvalue weighted by atomic mass is 10.1. The van der Waals surface area contributed by atoms with Gasteiger partial charge in [-0.2, -0.15) is 0 Å². The van der Waals surface area contributed by atoms with Crippen molar-refractivity contribution in [3.63, 3.8) is 0 Å². The van der Waals surface area contributed by atoms with Gasteiger partial charge in [-0.05, 0) is 48.6 Å². The summed E-state index contributed by atoms with van der Waals surface area (Å²) in [6.07, 6.45) is 5.19. The molecular weight excluding hydrogens is 625 g/mol. The highest BCUT2D eigenvalue weighted by molar-refractivity contribution is 7.22. The van der Waals surface area contributed by atoms with Crippen LogP contribution in [-0.2, 0) is 20.9 Å². The Morgan fingerprint density at radius 2 is 1.91 bits per heavy atom. The number of ether oxygens (including phenoxy) is 2. The fourth-order valence-corrected chi connectivity index (χ4v) is 5.60. The number of hydrogen-bond donors (Lipinski definition) is 4. The average molecular weight is 664 g/mol. The topological polar surface area (TPSA) is 161 Å². The van der Waals surface area contributed by atoms with Gasteiger partial charge in [0.1, 0.15) is 5.75 Å². The number of carbonyl (C=O) groups excluding carboxylic acids is 3. The van der Waals surface area contributed by atoms with E-state index in [1.54, 1.807) is 36.5 Å². The molecule has 1 unspecified atom stereocenters. The van der Waals surface area contributed by atoms with E-state index >= 15 is 0 Å². The molecule has 0 radical (unpaired) electrons. The molecule has 1 atom stereocenters. The maximum Gasteiger partial charge on any atom is 0.319 e. The van der Waals surface area contributed by atoms with Crippen molar-refractivity contribution in [3.05, 3.63) is 66.2 Å². The second-order valence-electron chi connectivity index (χ2n) is 11.6. The van der Waals surface area contributed by atoms with Crippen molar-refractivity contribution in [2.45, 2.75) is 45.3 Å². The monoisotopic (exact) mass is 663 g/mol. The molecule has 3 heterocycles. The number of benzene rings is 1. The number of nitrogens with zero attached hydrogens (tertiary/aromatic N) is 3. The molecule has 0 spiro atoms. The summed E-state index contributed by atoms with van der Waals surface area (Å²) in [6.45, 7) is 4.46. The first kappa shape index (κ1) is 33.7. The smallest absolute Gasteiger partial charge is 0.319 e. The Balaban J connectivity index is 1.25. The minimum atomic E-state index is -0.694. The van der Waals surface area contributed by atoms with Gasteiger partial charge in [0, 0.05) is 56.5 Å². The van der Waals surface area contributed by atoms with Crippen molar-refractivity contribution in [1.29, 1.82) is 0 Å². The van der Waals surface area contributed by atoms with E-state index in [4.69, 9.17) is 15.2 Å². The van der Waals surface area contributed by atoms with Crippen LogP contribution in [0.15, 0.2) is 54.9 Å². The van der Waals surface area contributed by atoms with Crippen LogP contribution < -0.4 is 26.4 Å². The number of fused-ring (bicyclic) bond motifs is 1. The fourth-order valence-electron chi connectivity index (χ4n) is 4.55. The molecule has 0 aliphatic heterocycles. The molecule has 14 heteroatoms. The van der Waals surface area contributed by atoms with E-state index in [9.17, 15) is 18.8 Å². The van der Waals surface area contributed by atoms with Crippen LogP contribution in [0.2, 0.25) is 0 Å². The van der Waals surface area contributed by atoms with E-state index in [0.29, 0.717) is 40.5 Å². The Morgan fingerprint density at radius 3 is 2.60 bits per heavy atom. The number of rotatable bonds is 14. The Hall–Kier alpha value is -4.66. The van der Waals surface area contributed by atoms with Crippen LogP contribution in [0, 0.1) is 11.7 Å². The van der Waals surface area contributed by atoms with Gasteiger partial charge in [-0.15, -0.1) is 11.3 Å². The van der Waals surface area contributed by atoms with E-state index in [1.807, 2.05) is 32.0 Å². The van der Waals surface area contributed by atoms with E-state index in [1.165, 1.54) is 23.5 Å². The zero-order valence-corrected chi connectivity index (χ0v) is 27.2. The third kappa shape index (κ3) is 8.99. The number of halogens is 1. The van der Waals surface area contributed by atoms with Crippen LogP contribution in [0.3, 0.4) is 0 Å². The SMILES string of the molecule is COCCN(Cc1ccc(-c2cc3nccc(Oc4ccc(NC(=O)NC5CC5)cc4F)c3s2)nc1)C(=O)CNC(=O)C(N)C(C)C. The summed E-state index contributed by atoms with van der Waals surface area (Å²) in [4.78, 5) is 48.7. The molecule has 5 N–H and O–H groups in total. The van der Waals surface area contributed by atoms with Gasteiger partial charge in [-0.1, -0.05) is 19.9 Å². The number of hydrogen-bond acceptors (Lipinski definition) is 9. The van der Waals surface area contributed by atoms with Crippen molar-refractivity contribution in [3.8, 4) is 22.1 Å². The molecule has 1 aliphatic carbocycles. The Kier molecular flexibility index (Phi) is 11.0. The van der Waals surface area contributed by atoms with Gasteiger partial charge >= 0.3 is 6.03 Å². The molecule has 12 nitrogen and oxygen atoms in total. The second kappa shape index (κ2) is 15.3. The summed E-state index contributed by atoms with van der Waals surface area (Å²) in [5, 5.41) is 8.06. The number of nitrogens with one attached hydrogen (secondary N) is 3. The van der Waals surface area contributed by atoms with Gasteiger partial charge in [-0.3, -0.25) is 19.6 Å². The lowest BCUT2D eigenvalue weighted by Crippen LogP contribution is -2.48. The van der Waals surface area contributed by atoms with Crippen molar-refractivity contribution < 1.29 is 28.2 Å². The molecule has 248 valence electrons. The number of carbonyl (C=O) groups is 3. The summed E-state index contributed by atoms with van der Waals surface area (Å²) in [6, 6.07) is 10.7. The minimum absolute atomic E-state index is 0.0120. The van der Waals surface area contributed by atoms with E-state index in [2.05, 4.69) is 25.9 Å².